The Balaban J connectivity index is 2.47. The second kappa shape index (κ2) is 5.45. The first-order valence-corrected chi connectivity index (χ1v) is 6.56. The van der Waals surface area contributed by atoms with Crippen molar-refractivity contribution in [3.8, 4) is 0 Å². The number of amides is 1. The summed E-state index contributed by atoms with van der Waals surface area (Å²) in [5.74, 6) is 0.154. The lowest BCUT2D eigenvalue weighted by Crippen LogP contribution is -2.49. The van der Waals surface area contributed by atoms with Crippen LogP contribution in [0.5, 0.6) is 0 Å². The van der Waals surface area contributed by atoms with Gasteiger partial charge < -0.3 is 20.5 Å². The lowest BCUT2D eigenvalue weighted by atomic mass is 9.82. The highest BCUT2D eigenvalue weighted by Crippen LogP contribution is 2.28. The molecule has 0 spiro atoms. The molecule has 106 valence electrons. The van der Waals surface area contributed by atoms with Gasteiger partial charge in [-0.25, -0.2) is 4.79 Å². The van der Waals surface area contributed by atoms with Crippen molar-refractivity contribution in [3.05, 3.63) is 0 Å². The predicted molar refractivity (Wildman–Crippen MR) is 70.2 cm³/mol. The minimum absolute atomic E-state index is 0.154. The summed E-state index contributed by atoms with van der Waals surface area (Å²) in [6, 6.07) is 0. The highest BCUT2D eigenvalue weighted by Gasteiger charge is 2.35. The van der Waals surface area contributed by atoms with Gasteiger partial charge in [0, 0.05) is 19.6 Å². The van der Waals surface area contributed by atoms with Gasteiger partial charge in [-0.2, -0.15) is 0 Å². The number of carbonyl (C=O) groups excluding carboxylic acids is 1. The molecule has 1 amide bonds. The molecule has 1 heterocycles. The fraction of sp³-hybridized carbons (Fsp3) is 0.923. The van der Waals surface area contributed by atoms with Gasteiger partial charge in [0.25, 0.3) is 0 Å². The van der Waals surface area contributed by atoms with Crippen LogP contribution in [0.1, 0.15) is 40.5 Å². The summed E-state index contributed by atoms with van der Waals surface area (Å²) < 4.78 is 5.32. The standard InChI is InChI=1S/C13H26N2O3/c1-12(2,3)18-11(16)15-7-5-10(6-8-15)13(4,17)9-14/h10,17H,5-9,14H2,1-4H3. The molecule has 1 aliphatic rings. The van der Waals surface area contributed by atoms with E-state index in [0.29, 0.717) is 13.1 Å². The van der Waals surface area contributed by atoms with Gasteiger partial charge >= 0.3 is 6.09 Å². The molecule has 5 heteroatoms. The quantitative estimate of drug-likeness (QED) is 0.784. The predicted octanol–water partition coefficient (Wildman–Crippen LogP) is 1.34. The Hall–Kier alpha value is -0.810. The second-order valence-corrected chi connectivity index (χ2v) is 6.30. The molecule has 1 saturated heterocycles. The topological polar surface area (TPSA) is 75.8 Å². The molecule has 0 aromatic carbocycles. The van der Waals surface area contributed by atoms with Crippen LogP contribution in [0, 0.1) is 5.92 Å². The summed E-state index contributed by atoms with van der Waals surface area (Å²) in [6.45, 7) is 8.83. The van der Waals surface area contributed by atoms with Crippen molar-refractivity contribution >= 4 is 6.09 Å². The summed E-state index contributed by atoms with van der Waals surface area (Å²) in [6.07, 6.45) is 1.26. The van der Waals surface area contributed by atoms with Crippen LogP contribution in [0.2, 0.25) is 0 Å². The molecular formula is C13H26N2O3. The smallest absolute Gasteiger partial charge is 0.410 e. The van der Waals surface area contributed by atoms with Gasteiger partial charge in [0.2, 0.25) is 0 Å². The fourth-order valence-electron chi connectivity index (χ4n) is 2.18. The minimum Gasteiger partial charge on any atom is -0.444 e. The van der Waals surface area contributed by atoms with E-state index in [0.717, 1.165) is 12.8 Å². The molecule has 0 aliphatic carbocycles. The number of nitrogens with zero attached hydrogens (tertiary/aromatic N) is 1. The van der Waals surface area contributed by atoms with Gasteiger partial charge in [-0.1, -0.05) is 0 Å². The summed E-state index contributed by atoms with van der Waals surface area (Å²) in [5, 5.41) is 10.1. The van der Waals surface area contributed by atoms with Crippen LogP contribution in [-0.2, 0) is 4.74 Å². The third-order valence-electron chi connectivity index (χ3n) is 3.44. The summed E-state index contributed by atoms with van der Waals surface area (Å²) in [7, 11) is 0. The number of likely N-dealkylation sites (tertiary alicyclic amines) is 1. The lowest BCUT2D eigenvalue weighted by Gasteiger charge is -2.39. The molecule has 1 unspecified atom stereocenters. The Kier molecular flexibility index (Phi) is 4.61. The third kappa shape index (κ3) is 4.14. The van der Waals surface area contributed by atoms with E-state index in [-0.39, 0.29) is 18.6 Å². The van der Waals surface area contributed by atoms with Crippen LogP contribution >= 0.6 is 0 Å². The Morgan fingerprint density at radius 3 is 2.22 bits per heavy atom. The molecule has 1 aliphatic heterocycles. The van der Waals surface area contributed by atoms with E-state index in [1.165, 1.54) is 0 Å². The van der Waals surface area contributed by atoms with Crippen molar-refractivity contribution in [2.45, 2.75) is 51.7 Å². The number of rotatable bonds is 2. The first kappa shape index (κ1) is 15.2. The molecule has 0 aromatic rings. The summed E-state index contributed by atoms with van der Waals surface area (Å²) in [4.78, 5) is 13.6. The number of nitrogens with two attached hydrogens (primary N) is 1. The summed E-state index contributed by atoms with van der Waals surface area (Å²) in [5.41, 5.74) is 4.26. The van der Waals surface area contributed by atoms with Crippen LogP contribution in [0.4, 0.5) is 4.79 Å². The Morgan fingerprint density at radius 2 is 1.83 bits per heavy atom. The van der Waals surface area contributed by atoms with Crippen molar-refractivity contribution in [2.75, 3.05) is 19.6 Å². The average molecular weight is 258 g/mol. The molecule has 3 N–H and O–H groups in total. The average Bonchev–Trinajstić information content (AvgIpc) is 2.27. The number of ether oxygens (including phenoxy) is 1. The van der Waals surface area contributed by atoms with E-state index in [2.05, 4.69) is 0 Å². The van der Waals surface area contributed by atoms with Crippen LogP contribution in [0.15, 0.2) is 0 Å². The Bertz CT molecular complexity index is 289. The SMILES string of the molecule is CC(C)(C)OC(=O)N1CCC(C(C)(O)CN)CC1. The van der Waals surface area contributed by atoms with Crippen molar-refractivity contribution in [1.82, 2.24) is 4.90 Å². The lowest BCUT2D eigenvalue weighted by molar-refractivity contribution is -0.0283. The minimum atomic E-state index is -0.833. The molecular weight excluding hydrogens is 232 g/mol. The number of piperidine rings is 1. The molecule has 0 bridgehead atoms. The van der Waals surface area contributed by atoms with Gasteiger partial charge in [0.15, 0.2) is 0 Å². The second-order valence-electron chi connectivity index (χ2n) is 6.30. The molecule has 0 saturated carbocycles. The molecule has 1 fully saturated rings. The van der Waals surface area contributed by atoms with E-state index in [1.54, 1.807) is 11.8 Å². The molecule has 1 rings (SSSR count). The zero-order valence-corrected chi connectivity index (χ0v) is 11.9. The fourth-order valence-corrected chi connectivity index (χ4v) is 2.18. The van der Waals surface area contributed by atoms with Crippen molar-refractivity contribution < 1.29 is 14.6 Å². The zero-order valence-electron chi connectivity index (χ0n) is 11.9. The van der Waals surface area contributed by atoms with Gasteiger partial charge in [0.05, 0.1) is 5.60 Å². The monoisotopic (exact) mass is 258 g/mol. The van der Waals surface area contributed by atoms with Crippen LogP contribution < -0.4 is 5.73 Å². The molecule has 18 heavy (non-hydrogen) atoms. The zero-order chi connectivity index (χ0) is 14.0. The van der Waals surface area contributed by atoms with E-state index in [4.69, 9.17) is 10.5 Å². The van der Waals surface area contributed by atoms with E-state index >= 15 is 0 Å². The summed E-state index contributed by atoms with van der Waals surface area (Å²) >= 11 is 0. The third-order valence-corrected chi connectivity index (χ3v) is 3.44. The molecule has 5 nitrogen and oxygen atoms in total. The number of hydrogen-bond acceptors (Lipinski definition) is 4. The van der Waals surface area contributed by atoms with Crippen LogP contribution in [-0.4, -0.2) is 46.9 Å². The van der Waals surface area contributed by atoms with Crippen molar-refractivity contribution in [2.24, 2.45) is 11.7 Å². The van der Waals surface area contributed by atoms with Crippen molar-refractivity contribution in [3.63, 3.8) is 0 Å². The van der Waals surface area contributed by atoms with Crippen LogP contribution in [0.3, 0.4) is 0 Å². The van der Waals surface area contributed by atoms with Crippen LogP contribution in [0.25, 0.3) is 0 Å². The van der Waals surface area contributed by atoms with Gasteiger partial charge in [0.1, 0.15) is 5.60 Å². The number of hydrogen-bond donors (Lipinski definition) is 2. The Morgan fingerprint density at radius 1 is 1.33 bits per heavy atom. The molecule has 0 radical (unpaired) electrons. The normalized spacial score (nSPS) is 21.6. The van der Waals surface area contributed by atoms with E-state index < -0.39 is 11.2 Å². The van der Waals surface area contributed by atoms with Gasteiger partial charge in [-0.05, 0) is 46.5 Å². The van der Waals surface area contributed by atoms with Gasteiger partial charge in [-0.15, -0.1) is 0 Å². The largest absolute Gasteiger partial charge is 0.444 e. The van der Waals surface area contributed by atoms with Crippen molar-refractivity contribution in [1.29, 1.82) is 0 Å². The maximum atomic E-state index is 11.9. The number of carbonyl (C=O) groups is 1. The first-order chi connectivity index (χ1) is 8.15. The highest BCUT2D eigenvalue weighted by atomic mass is 16.6. The van der Waals surface area contributed by atoms with Gasteiger partial charge in [-0.3, -0.25) is 0 Å². The van der Waals surface area contributed by atoms with E-state index in [9.17, 15) is 9.90 Å². The first-order valence-electron chi connectivity index (χ1n) is 6.56. The highest BCUT2D eigenvalue weighted by molar-refractivity contribution is 5.68. The maximum absolute atomic E-state index is 11.9. The van der Waals surface area contributed by atoms with E-state index in [1.807, 2.05) is 20.8 Å². The maximum Gasteiger partial charge on any atom is 0.410 e. The molecule has 1 atom stereocenters. The molecule has 0 aromatic heterocycles. The Labute approximate surface area is 109 Å². The number of aliphatic hydroxyl groups is 1.